The molecule has 0 radical (unpaired) electrons. The third-order valence-corrected chi connectivity index (χ3v) is 3.08. The fourth-order valence-corrected chi connectivity index (χ4v) is 2.09. The lowest BCUT2D eigenvalue weighted by Crippen LogP contribution is -2.14. The molecule has 0 spiro atoms. The van der Waals surface area contributed by atoms with Crippen LogP contribution in [-0.4, -0.2) is 16.9 Å². The van der Waals surface area contributed by atoms with Gasteiger partial charge in [-0.25, -0.2) is 4.98 Å². The Morgan fingerprint density at radius 2 is 2.06 bits per heavy atom. The highest BCUT2D eigenvalue weighted by Crippen LogP contribution is 2.15. The zero-order valence-corrected chi connectivity index (χ0v) is 10.7. The summed E-state index contributed by atoms with van der Waals surface area (Å²) >= 11 is 6.16. The smallest absolute Gasteiger partial charge is 0.126 e. The molecule has 2 nitrogen and oxygen atoms in total. The standard InChI is InChI=1S/C14H17ClN2/c1-2-5-12(15)10-16-14-9-8-11-6-3-4-7-13(11)17-14/h3-4,6-9,12H,2,5,10H2,1H3,(H,16,17). The molecule has 17 heavy (non-hydrogen) atoms. The minimum absolute atomic E-state index is 0.174. The van der Waals surface area contributed by atoms with E-state index < -0.39 is 0 Å². The number of hydrogen-bond donors (Lipinski definition) is 1. The number of rotatable bonds is 5. The first-order valence-corrected chi connectivity index (χ1v) is 6.47. The molecule has 1 unspecified atom stereocenters. The molecule has 1 aromatic carbocycles. The summed E-state index contributed by atoms with van der Waals surface area (Å²) in [5.74, 6) is 0.894. The predicted octanol–water partition coefficient (Wildman–Crippen LogP) is 4.05. The number of benzene rings is 1. The van der Waals surface area contributed by atoms with Crippen molar-refractivity contribution in [3.63, 3.8) is 0 Å². The Bertz CT molecular complexity index is 484. The number of aromatic nitrogens is 1. The van der Waals surface area contributed by atoms with Crippen molar-refractivity contribution in [2.45, 2.75) is 25.1 Å². The molecule has 0 aliphatic heterocycles. The van der Waals surface area contributed by atoms with Gasteiger partial charge in [0.1, 0.15) is 5.82 Å². The van der Waals surface area contributed by atoms with E-state index in [-0.39, 0.29) is 5.38 Å². The topological polar surface area (TPSA) is 24.9 Å². The van der Waals surface area contributed by atoms with E-state index in [9.17, 15) is 0 Å². The van der Waals surface area contributed by atoms with E-state index >= 15 is 0 Å². The Morgan fingerprint density at radius 3 is 2.88 bits per heavy atom. The summed E-state index contributed by atoms with van der Waals surface area (Å²) in [5, 5.41) is 4.61. The molecule has 0 aliphatic carbocycles. The molecule has 1 heterocycles. The van der Waals surface area contributed by atoms with Crippen molar-refractivity contribution in [1.29, 1.82) is 0 Å². The summed E-state index contributed by atoms with van der Waals surface area (Å²) in [6.45, 7) is 2.91. The summed E-state index contributed by atoms with van der Waals surface area (Å²) in [6, 6.07) is 12.2. The van der Waals surface area contributed by atoms with Crippen molar-refractivity contribution in [2.24, 2.45) is 0 Å². The first-order valence-electron chi connectivity index (χ1n) is 6.03. The molecule has 2 rings (SSSR count). The molecule has 0 amide bonds. The molecule has 90 valence electrons. The van der Waals surface area contributed by atoms with Crippen LogP contribution in [0.5, 0.6) is 0 Å². The Morgan fingerprint density at radius 1 is 1.24 bits per heavy atom. The second-order valence-corrected chi connectivity index (χ2v) is 4.77. The summed E-state index contributed by atoms with van der Waals surface area (Å²) in [7, 11) is 0. The Kier molecular flexibility index (Phi) is 4.21. The van der Waals surface area contributed by atoms with Gasteiger partial charge in [-0.3, -0.25) is 0 Å². The van der Waals surface area contributed by atoms with E-state index in [0.717, 1.165) is 36.1 Å². The molecule has 3 heteroatoms. The van der Waals surface area contributed by atoms with E-state index in [1.165, 1.54) is 0 Å². The van der Waals surface area contributed by atoms with Crippen LogP contribution in [0.4, 0.5) is 5.82 Å². The van der Waals surface area contributed by atoms with Crippen LogP contribution in [0.25, 0.3) is 10.9 Å². The van der Waals surface area contributed by atoms with Crippen LogP contribution < -0.4 is 5.32 Å². The molecule has 1 aromatic heterocycles. The first-order chi connectivity index (χ1) is 8.29. The van der Waals surface area contributed by atoms with Crippen molar-refractivity contribution in [2.75, 3.05) is 11.9 Å². The van der Waals surface area contributed by atoms with Gasteiger partial charge in [-0.2, -0.15) is 0 Å². The molecular formula is C14H17ClN2. The summed E-state index contributed by atoms with van der Waals surface area (Å²) in [5.41, 5.74) is 1.01. The van der Waals surface area contributed by atoms with E-state index in [2.05, 4.69) is 29.4 Å². The van der Waals surface area contributed by atoms with Crippen molar-refractivity contribution >= 4 is 28.3 Å². The van der Waals surface area contributed by atoms with Crippen molar-refractivity contribution < 1.29 is 0 Å². The number of alkyl halides is 1. The van der Waals surface area contributed by atoms with Gasteiger partial charge < -0.3 is 5.32 Å². The lowest BCUT2D eigenvalue weighted by Gasteiger charge is -2.10. The van der Waals surface area contributed by atoms with Crippen LogP contribution in [0.2, 0.25) is 0 Å². The van der Waals surface area contributed by atoms with E-state index in [1.807, 2.05) is 24.3 Å². The predicted molar refractivity (Wildman–Crippen MR) is 74.8 cm³/mol. The van der Waals surface area contributed by atoms with Gasteiger partial charge >= 0.3 is 0 Å². The van der Waals surface area contributed by atoms with Gasteiger partial charge in [-0.15, -0.1) is 11.6 Å². The maximum atomic E-state index is 6.16. The zero-order chi connectivity index (χ0) is 12.1. The lowest BCUT2D eigenvalue weighted by molar-refractivity contribution is 0.751. The largest absolute Gasteiger partial charge is 0.369 e. The van der Waals surface area contributed by atoms with Crippen LogP contribution >= 0.6 is 11.6 Å². The van der Waals surface area contributed by atoms with Crippen molar-refractivity contribution in [3.05, 3.63) is 36.4 Å². The molecular weight excluding hydrogens is 232 g/mol. The monoisotopic (exact) mass is 248 g/mol. The number of pyridine rings is 1. The number of nitrogens with one attached hydrogen (secondary N) is 1. The molecule has 0 bridgehead atoms. The maximum absolute atomic E-state index is 6.16. The Hall–Kier alpha value is -1.28. The second kappa shape index (κ2) is 5.87. The highest BCUT2D eigenvalue weighted by molar-refractivity contribution is 6.20. The fraction of sp³-hybridized carbons (Fsp3) is 0.357. The molecule has 0 saturated heterocycles. The van der Waals surface area contributed by atoms with Gasteiger partial charge in [-0.1, -0.05) is 31.5 Å². The van der Waals surface area contributed by atoms with Gasteiger partial charge in [0.2, 0.25) is 0 Å². The van der Waals surface area contributed by atoms with Crippen LogP contribution in [0.3, 0.4) is 0 Å². The number of hydrogen-bond acceptors (Lipinski definition) is 2. The molecule has 1 atom stereocenters. The number of anilines is 1. The van der Waals surface area contributed by atoms with Gasteiger partial charge in [0.05, 0.1) is 10.9 Å². The number of halogens is 1. The molecule has 0 aliphatic rings. The normalized spacial score (nSPS) is 12.6. The minimum Gasteiger partial charge on any atom is -0.369 e. The number of nitrogens with zero attached hydrogens (tertiary/aromatic N) is 1. The average Bonchev–Trinajstić information content (AvgIpc) is 2.36. The molecule has 2 aromatic rings. The molecule has 0 saturated carbocycles. The Balaban J connectivity index is 2.04. The third-order valence-electron chi connectivity index (χ3n) is 2.70. The van der Waals surface area contributed by atoms with Crippen LogP contribution in [-0.2, 0) is 0 Å². The van der Waals surface area contributed by atoms with E-state index in [1.54, 1.807) is 0 Å². The van der Waals surface area contributed by atoms with Gasteiger partial charge in [-0.05, 0) is 24.6 Å². The van der Waals surface area contributed by atoms with Gasteiger partial charge in [0, 0.05) is 11.9 Å². The Labute approximate surface area is 107 Å². The summed E-state index contributed by atoms with van der Waals surface area (Å²) < 4.78 is 0. The number of fused-ring (bicyclic) bond motifs is 1. The van der Waals surface area contributed by atoms with E-state index in [0.29, 0.717) is 0 Å². The summed E-state index contributed by atoms with van der Waals surface area (Å²) in [6.07, 6.45) is 2.14. The molecule has 1 N–H and O–H groups in total. The zero-order valence-electron chi connectivity index (χ0n) is 9.99. The first kappa shape index (κ1) is 12.2. The van der Waals surface area contributed by atoms with E-state index in [4.69, 9.17) is 11.6 Å². The van der Waals surface area contributed by atoms with Gasteiger partial charge in [0.25, 0.3) is 0 Å². The van der Waals surface area contributed by atoms with Crippen molar-refractivity contribution in [1.82, 2.24) is 4.98 Å². The lowest BCUT2D eigenvalue weighted by atomic mass is 10.2. The highest BCUT2D eigenvalue weighted by atomic mass is 35.5. The van der Waals surface area contributed by atoms with Crippen LogP contribution in [0, 0.1) is 0 Å². The minimum atomic E-state index is 0.174. The van der Waals surface area contributed by atoms with Crippen LogP contribution in [0.1, 0.15) is 19.8 Å². The third kappa shape index (κ3) is 3.34. The average molecular weight is 249 g/mol. The van der Waals surface area contributed by atoms with Crippen molar-refractivity contribution in [3.8, 4) is 0 Å². The fourth-order valence-electron chi connectivity index (χ4n) is 1.80. The quantitative estimate of drug-likeness (QED) is 0.808. The second-order valence-electron chi connectivity index (χ2n) is 4.16. The highest BCUT2D eigenvalue weighted by Gasteiger charge is 2.03. The summed E-state index contributed by atoms with van der Waals surface area (Å²) in [4.78, 5) is 4.54. The SMILES string of the molecule is CCCC(Cl)CNc1ccc2ccccc2n1. The molecule has 0 fully saturated rings. The number of para-hydroxylation sites is 1. The van der Waals surface area contributed by atoms with Gasteiger partial charge in [0.15, 0.2) is 0 Å². The van der Waals surface area contributed by atoms with Crippen LogP contribution in [0.15, 0.2) is 36.4 Å². The maximum Gasteiger partial charge on any atom is 0.126 e.